The van der Waals surface area contributed by atoms with Gasteiger partial charge < -0.3 is 0 Å². The second-order valence-electron chi connectivity index (χ2n) is 5.22. The van der Waals surface area contributed by atoms with Crippen LogP contribution in [0, 0.1) is 0 Å². The summed E-state index contributed by atoms with van der Waals surface area (Å²) in [6.45, 7) is 0.759. The third kappa shape index (κ3) is 4.67. The van der Waals surface area contributed by atoms with Crippen LogP contribution >= 0.6 is 22.9 Å². The summed E-state index contributed by atoms with van der Waals surface area (Å²) < 4.78 is 28.5. The molecule has 0 saturated heterocycles. The zero-order chi connectivity index (χ0) is 17.0. The number of hydrogen-bond donors (Lipinski definition) is 1. The Morgan fingerprint density at radius 3 is 2.83 bits per heavy atom. The van der Waals surface area contributed by atoms with Crippen molar-refractivity contribution < 1.29 is 8.42 Å². The van der Waals surface area contributed by atoms with Gasteiger partial charge in [-0.25, -0.2) is 13.1 Å². The Bertz CT molecular complexity index is 905. The highest BCUT2D eigenvalue weighted by Gasteiger charge is 2.11. The standard InChI is InChI=1S/C16H16ClN3O2S2/c17-14-4-1-3-13(11-14)12-24(21,22)18-7-9-20-8-6-15(19-20)16-5-2-10-23-16/h1-6,8,10-11,18H,7,9,12H2. The van der Waals surface area contributed by atoms with Crippen molar-refractivity contribution in [2.24, 2.45) is 0 Å². The maximum Gasteiger partial charge on any atom is 0.215 e. The lowest BCUT2D eigenvalue weighted by atomic mass is 10.2. The lowest BCUT2D eigenvalue weighted by Gasteiger charge is -2.07. The van der Waals surface area contributed by atoms with Crippen molar-refractivity contribution in [2.75, 3.05) is 6.54 Å². The first-order chi connectivity index (χ1) is 11.5. The van der Waals surface area contributed by atoms with Crippen molar-refractivity contribution in [1.29, 1.82) is 0 Å². The minimum absolute atomic E-state index is 0.0902. The topological polar surface area (TPSA) is 64.0 Å². The highest BCUT2D eigenvalue weighted by atomic mass is 35.5. The fourth-order valence-electron chi connectivity index (χ4n) is 2.25. The monoisotopic (exact) mass is 381 g/mol. The summed E-state index contributed by atoms with van der Waals surface area (Å²) >= 11 is 7.50. The molecule has 0 spiro atoms. The molecule has 0 atom stereocenters. The van der Waals surface area contributed by atoms with Crippen LogP contribution in [0.4, 0.5) is 0 Å². The van der Waals surface area contributed by atoms with Gasteiger partial charge >= 0.3 is 0 Å². The summed E-state index contributed by atoms with van der Waals surface area (Å²) in [6.07, 6.45) is 1.85. The molecule has 1 N–H and O–H groups in total. The molecule has 1 aromatic carbocycles. The van der Waals surface area contributed by atoms with Crippen molar-refractivity contribution in [2.45, 2.75) is 12.3 Å². The molecule has 24 heavy (non-hydrogen) atoms. The molecule has 0 saturated carbocycles. The number of aromatic nitrogens is 2. The Morgan fingerprint density at radius 1 is 1.21 bits per heavy atom. The first-order valence-corrected chi connectivity index (χ1v) is 10.2. The summed E-state index contributed by atoms with van der Waals surface area (Å²) in [5.74, 6) is -0.0902. The van der Waals surface area contributed by atoms with Gasteiger partial charge in [0, 0.05) is 17.8 Å². The Balaban J connectivity index is 1.54. The van der Waals surface area contributed by atoms with Gasteiger partial charge in [0.05, 0.1) is 17.2 Å². The number of halogens is 1. The van der Waals surface area contributed by atoms with E-state index >= 15 is 0 Å². The van der Waals surface area contributed by atoms with Gasteiger partial charge in [0.2, 0.25) is 10.0 Å². The average Bonchev–Trinajstić information content (AvgIpc) is 3.17. The molecule has 3 aromatic rings. The minimum atomic E-state index is -3.41. The van der Waals surface area contributed by atoms with Crippen LogP contribution in [-0.4, -0.2) is 24.7 Å². The van der Waals surface area contributed by atoms with E-state index in [9.17, 15) is 8.42 Å². The third-order valence-electron chi connectivity index (χ3n) is 3.32. The lowest BCUT2D eigenvalue weighted by molar-refractivity contribution is 0.560. The van der Waals surface area contributed by atoms with Crippen molar-refractivity contribution >= 4 is 33.0 Å². The molecule has 126 valence electrons. The number of nitrogens with zero attached hydrogens (tertiary/aromatic N) is 2. The molecule has 0 amide bonds. The van der Waals surface area contributed by atoms with Crippen LogP contribution in [0.2, 0.25) is 5.02 Å². The van der Waals surface area contributed by atoms with Gasteiger partial charge in [-0.05, 0) is 35.2 Å². The molecule has 0 aliphatic carbocycles. The van der Waals surface area contributed by atoms with E-state index in [1.165, 1.54) is 0 Å². The van der Waals surface area contributed by atoms with Crippen LogP contribution in [0.1, 0.15) is 5.56 Å². The molecule has 0 bridgehead atoms. The van der Waals surface area contributed by atoms with E-state index in [1.54, 1.807) is 40.3 Å². The van der Waals surface area contributed by atoms with Gasteiger partial charge in [-0.15, -0.1) is 11.3 Å². The zero-order valence-electron chi connectivity index (χ0n) is 12.7. The van der Waals surface area contributed by atoms with Crippen molar-refractivity contribution in [1.82, 2.24) is 14.5 Å². The fourth-order valence-corrected chi connectivity index (χ4v) is 4.28. The van der Waals surface area contributed by atoms with Crippen LogP contribution in [0.15, 0.2) is 54.0 Å². The van der Waals surface area contributed by atoms with E-state index in [1.807, 2.05) is 29.8 Å². The fraction of sp³-hybridized carbons (Fsp3) is 0.188. The van der Waals surface area contributed by atoms with Crippen molar-refractivity contribution in [3.8, 4) is 10.6 Å². The number of nitrogens with one attached hydrogen (secondary N) is 1. The number of sulfonamides is 1. The van der Waals surface area contributed by atoms with Crippen LogP contribution in [0.25, 0.3) is 10.6 Å². The molecule has 2 aromatic heterocycles. The number of thiophene rings is 1. The molecule has 3 rings (SSSR count). The van der Waals surface area contributed by atoms with E-state index < -0.39 is 10.0 Å². The van der Waals surface area contributed by atoms with Crippen LogP contribution in [-0.2, 0) is 22.3 Å². The first-order valence-electron chi connectivity index (χ1n) is 7.31. The summed E-state index contributed by atoms with van der Waals surface area (Å²) in [5.41, 5.74) is 1.56. The minimum Gasteiger partial charge on any atom is -0.271 e. The number of rotatable bonds is 7. The van der Waals surface area contributed by atoms with E-state index in [-0.39, 0.29) is 12.3 Å². The Hall–Kier alpha value is -1.67. The van der Waals surface area contributed by atoms with E-state index in [0.29, 0.717) is 17.1 Å². The molecule has 0 aliphatic rings. The first kappa shape index (κ1) is 17.2. The molecule has 0 fully saturated rings. The molecule has 0 unspecified atom stereocenters. The molecular formula is C16H16ClN3O2S2. The number of benzene rings is 1. The molecule has 2 heterocycles. The maximum absolute atomic E-state index is 12.1. The maximum atomic E-state index is 12.1. The highest BCUT2D eigenvalue weighted by molar-refractivity contribution is 7.88. The van der Waals surface area contributed by atoms with Crippen LogP contribution in [0.3, 0.4) is 0 Å². The lowest BCUT2D eigenvalue weighted by Crippen LogP contribution is -2.28. The molecule has 8 heteroatoms. The Kier molecular flexibility index (Phi) is 5.35. The second-order valence-corrected chi connectivity index (χ2v) is 8.42. The summed E-state index contributed by atoms with van der Waals surface area (Å²) in [5, 5.41) is 6.97. The van der Waals surface area contributed by atoms with Crippen molar-refractivity contribution in [3.63, 3.8) is 0 Å². The van der Waals surface area contributed by atoms with Gasteiger partial charge in [0.15, 0.2) is 0 Å². The second kappa shape index (κ2) is 7.48. The van der Waals surface area contributed by atoms with E-state index in [0.717, 1.165) is 10.6 Å². The predicted octanol–water partition coefficient (Wildman–Crippen LogP) is 3.38. The zero-order valence-corrected chi connectivity index (χ0v) is 15.1. The molecular weight excluding hydrogens is 366 g/mol. The highest BCUT2D eigenvalue weighted by Crippen LogP contribution is 2.22. The van der Waals surface area contributed by atoms with Crippen LogP contribution < -0.4 is 4.72 Å². The summed E-state index contributed by atoms with van der Waals surface area (Å²) in [4.78, 5) is 1.09. The summed E-state index contributed by atoms with van der Waals surface area (Å²) in [7, 11) is -3.41. The number of hydrogen-bond acceptors (Lipinski definition) is 4. The predicted molar refractivity (Wildman–Crippen MR) is 97.6 cm³/mol. The van der Waals surface area contributed by atoms with E-state index in [4.69, 9.17) is 11.6 Å². The Labute approximate surface area is 150 Å². The molecule has 0 aliphatic heterocycles. The van der Waals surface area contributed by atoms with Crippen molar-refractivity contribution in [3.05, 3.63) is 64.6 Å². The quantitative estimate of drug-likeness (QED) is 0.682. The smallest absolute Gasteiger partial charge is 0.215 e. The normalized spacial score (nSPS) is 11.7. The third-order valence-corrected chi connectivity index (χ3v) is 5.81. The van der Waals surface area contributed by atoms with Gasteiger partial charge in [-0.2, -0.15) is 5.10 Å². The van der Waals surface area contributed by atoms with E-state index in [2.05, 4.69) is 9.82 Å². The molecule has 5 nitrogen and oxygen atoms in total. The van der Waals surface area contributed by atoms with Gasteiger partial charge in [-0.3, -0.25) is 4.68 Å². The van der Waals surface area contributed by atoms with Gasteiger partial charge in [-0.1, -0.05) is 29.8 Å². The molecule has 0 radical (unpaired) electrons. The SMILES string of the molecule is O=S(=O)(Cc1cccc(Cl)c1)NCCn1ccc(-c2cccs2)n1. The largest absolute Gasteiger partial charge is 0.271 e. The summed E-state index contributed by atoms with van der Waals surface area (Å²) in [6, 6.07) is 12.8. The van der Waals surface area contributed by atoms with Gasteiger partial charge in [0.1, 0.15) is 5.69 Å². The Morgan fingerprint density at radius 2 is 2.08 bits per heavy atom. The average molecular weight is 382 g/mol. The van der Waals surface area contributed by atoms with Crippen LogP contribution in [0.5, 0.6) is 0 Å². The van der Waals surface area contributed by atoms with Gasteiger partial charge in [0.25, 0.3) is 0 Å².